The number of aryl methyl sites for hydroxylation is 2. The summed E-state index contributed by atoms with van der Waals surface area (Å²) < 4.78 is 19.2. The Morgan fingerprint density at radius 2 is 1.76 bits per heavy atom. The average Bonchev–Trinajstić information content (AvgIpc) is 3.40. The summed E-state index contributed by atoms with van der Waals surface area (Å²) in [6.45, 7) is 11.0. The number of aromatic nitrogens is 1. The van der Waals surface area contributed by atoms with Crippen LogP contribution in [0.15, 0.2) is 66.6 Å². The molecule has 0 unspecified atom stereocenters. The highest BCUT2D eigenvalue weighted by molar-refractivity contribution is 6.16. The summed E-state index contributed by atoms with van der Waals surface area (Å²) in [7, 11) is 1.63. The topological polar surface area (TPSA) is 66.8 Å². The molecule has 1 aromatic heterocycles. The van der Waals surface area contributed by atoms with E-state index in [1.54, 1.807) is 37.5 Å². The third kappa shape index (κ3) is 4.58. The lowest BCUT2D eigenvalue weighted by Crippen LogP contribution is -2.13. The lowest BCUT2D eigenvalue weighted by atomic mass is 9.87. The number of ketones is 1. The first-order valence-electron chi connectivity index (χ1n) is 12.7. The maximum absolute atomic E-state index is 13.3. The highest BCUT2D eigenvalue weighted by Gasteiger charge is 2.31. The number of Topliss-reactive ketones (excluding diaryl/α,β-unsaturated/α-hetero) is 1. The maximum atomic E-state index is 13.3. The SMILES string of the molecule is CCn1cc(/C=C2\Oc3cc(OC(=O)c4ccc(C(C)(C)C)cc4)cc(C)c3C2=O)c2cc(OC)ccc21. The number of nitrogens with zero attached hydrogens (tertiary/aromatic N) is 1. The second kappa shape index (κ2) is 9.53. The van der Waals surface area contributed by atoms with E-state index in [0.717, 1.165) is 34.3 Å². The van der Waals surface area contributed by atoms with Crippen molar-refractivity contribution in [3.8, 4) is 17.2 Å². The van der Waals surface area contributed by atoms with Crippen LogP contribution in [-0.2, 0) is 12.0 Å². The summed E-state index contributed by atoms with van der Waals surface area (Å²) in [6.07, 6.45) is 3.76. The normalized spacial score (nSPS) is 14.1. The van der Waals surface area contributed by atoms with Crippen LogP contribution >= 0.6 is 0 Å². The molecule has 0 radical (unpaired) electrons. The second-order valence-electron chi connectivity index (χ2n) is 10.5. The predicted octanol–water partition coefficient (Wildman–Crippen LogP) is 7.11. The van der Waals surface area contributed by atoms with Crippen LogP contribution in [0, 0.1) is 6.92 Å². The van der Waals surface area contributed by atoms with Gasteiger partial charge < -0.3 is 18.8 Å². The third-order valence-electron chi connectivity index (χ3n) is 6.89. The van der Waals surface area contributed by atoms with Crippen molar-refractivity contribution in [2.45, 2.75) is 46.6 Å². The van der Waals surface area contributed by atoms with Gasteiger partial charge in [0.05, 0.1) is 18.2 Å². The first-order valence-corrected chi connectivity index (χ1v) is 12.7. The molecule has 0 saturated heterocycles. The van der Waals surface area contributed by atoms with Crippen LogP contribution in [0.2, 0.25) is 0 Å². The van der Waals surface area contributed by atoms with Gasteiger partial charge in [-0.2, -0.15) is 0 Å². The molecule has 194 valence electrons. The molecule has 2 heterocycles. The lowest BCUT2D eigenvalue weighted by molar-refractivity contribution is 0.0734. The van der Waals surface area contributed by atoms with Crippen molar-refractivity contribution in [2.24, 2.45) is 0 Å². The van der Waals surface area contributed by atoms with Gasteiger partial charge in [-0.3, -0.25) is 4.79 Å². The predicted molar refractivity (Wildman–Crippen MR) is 148 cm³/mol. The zero-order chi connectivity index (χ0) is 27.2. The highest BCUT2D eigenvalue weighted by atomic mass is 16.5. The summed E-state index contributed by atoms with van der Waals surface area (Å²) >= 11 is 0. The van der Waals surface area contributed by atoms with E-state index in [1.165, 1.54) is 0 Å². The number of rotatable bonds is 5. The summed E-state index contributed by atoms with van der Waals surface area (Å²) in [5, 5.41) is 0.967. The Balaban J connectivity index is 1.43. The monoisotopic (exact) mass is 509 g/mol. The van der Waals surface area contributed by atoms with E-state index >= 15 is 0 Å². The molecule has 0 saturated carbocycles. The van der Waals surface area contributed by atoms with Gasteiger partial charge >= 0.3 is 5.97 Å². The molecule has 0 bridgehead atoms. The Bertz CT molecular complexity index is 1600. The van der Waals surface area contributed by atoms with E-state index in [4.69, 9.17) is 14.2 Å². The van der Waals surface area contributed by atoms with E-state index in [-0.39, 0.29) is 17.0 Å². The number of methoxy groups -OCH3 is 1. The van der Waals surface area contributed by atoms with E-state index in [1.807, 2.05) is 43.5 Å². The van der Waals surface area contributed by atoms with Crippen molar-refractivity contribution in [1.29, 1.82) is 0 Å². The molecule has 5 rings (SSSR count). The number of allylic oxidation sites excluding steroid dienone is 1. The van der Waals surface area contributed by atoms with Gasteiger partial charge in [0.1, 0.15) is 17.2 Å². The minimum Gasteiger partial charge on any atom is -0.497 e. The van der Waals surface area contributed by atoms with Crippen LogP contribution in [0.5, 0.6) is 17.2 Å². The summed E-state index contributed by atoms with van der Waals surface area (Å²) in [6, 6.07) is 16.6. The number of hydrogen-bond acceptors (Lipinski definition) is 5. The molecule has 0 N–H and O–H groups in total. The molecule has 6 heteroatoms. The van der Waals surface area contributed by atoms with Crippen LogP contribution in [0.3, 0.4) is 0 Å². The molecule has 6 nitrogen and oxygen atoms in total. The molecule has 0 amide bonds. The summed E-state index contributed by atoms with van der Waals surface area (Å²) in [5.74, 6) is 1.00. The van der Waals surface area contributed by atoms with Crippen LogP contribution in [0.25, 0.3) is 17.0 Å². The molecule has 0 spiro atoms. The first-order chi connectivity index (χ1) is 18.1. The summed E-state index contributed by atoms with van der Waals surface area (Å²) in [5.41, 5.74) is 4.64. The number of carbonyl (C=O) groups is 2. The fourth-order valence-electron chi connectivity index (χ4n) is 4.76. The Kier molecular flexibility index (Phi) is 6.35. The smallest absolute Gasteiger partial charge is 0.343 e. The van der Waals surface area contributed by atoms with E-state index in [0.29, 0.717) is 28.2 Å². The zero-order valence-electron chi connectivity index (χ0n) is 22.5. The Morgan fingerprint density at radius 3 is 2.42 bits per heavy atom. The van der Waals surface area contributed by atoms with Crippen molar-refractivity contribution in [3.05, 3.63) is 94.4 Å². The fraction of sp³-hybridized carbons (Fsp3) is 0.250. The largest absolute Gasteiger partial charge is 0.497 e. The standard InChI is InChI=1S/C32H31NO5/c1-7-33-18-21(25-16-23(36-6)12-13-26(25)33)15-28-30(34)29-19(2)14-24(17-27(29)38-28)37-31(35)20-8-10-22(11-9-20)32(3,4)5/h8-18H,7H2,1-6H3/b28-15-. The molecule has 38 heavy (non-hydrogen) atoms. The highest BCUT2D eigenvalue weighted by Crippen LogP contribution is 2.38. The number of hydrogen-bond donors (Lipinski definition) is 0. The lowest BCUT2D eigenvalue weighted by Gasteiger charge is -2.18. The fourth-order valence-corrected chi connectivity index (χ4v) is 4.76. The van der Waals surface area contributed by atoms with Crippen LogP contribution < -0.4 is 14.2 Å². The van der Waals surface area contributed by atoms with Gasteiger partial charge in [0.2, 0.25) is 5.78 Å². The summed E-state index contributed by atoms with van der Waals surface area (Å²) in [4.78, 5) is 26.1. The Hall–Kier alpha value is -4.32. The molecule has 0 aliphatic carbocycles. The van der Waals surface area contributed by atoms with Crippen LogP contribution in [0.1, 0.15) is 65.1 Å². The third-order valence-corrected chi connectivity index (χ3v) is 6.89. The van der Waals surface area contributed by atoms with Gasteiger partial charge in [-0.15, -0.1) is 0 Å². The zero-order valence-corrected chi connectivity index (χ0v) is 22.5. The van der Waals surface area contributed by atoms with Crippen molar-refractivity contribution in [1.82, 2.24) is 4.57 Å². The van der Waals surface area contributed by atoms with Gasteiger partial charge in [0.25, 0.3) is 0 Å². The Labute approximate surface area is 222 Å². The van der Waals surface area contributed by atoms with Crippen LogP contribution in [-0.4, -0.2) is 23.4 Å². The number of fused-ring (bicyclic) bond motifs is 2. The average molecular weight is 510 g/mol. The van der Waals surface area contributed by atoms with Crippen molar-refractivity contribution >= 4 is 28.7 Å². The van der Waals surface area contributed by atoms with E-state index in [9.17, 15) is 9.59 Å². The van der Waals surface area contributed by atoms with Crippen LogP contribution in [0.4, 0.5) is 0 Å². The van der Waals surface area contributed by atoms with Gasteiger partial charge in [-0.1, -0.05) is 32.9 Å². The van der Waals surface area contributed by atoms with Gasteiger partial charge in [-0.25, -0.2) is 4.79 Å². The second-order valence-corrected chi connectivity index (χ2v) is 10.5. The number of esters is 1. The minimum absolute atomic E-state index is 0.00779. The number of carbonyl (C=O) groups excluding carboxylic acids is 2. The quantitative estimate of drug-likeness (QED) is 0.163. The van der Waals surface area contributed by atoms with Gasteiger partial charge in [0, 0.05) is 35.3 Å². The Morgan fingerprint density at radius 1 is 1.03 bits per heavy atom. The molecule has 1 aliphatic rings. The molecule has 4 aromatic rings. The van der Waals surface area contributed by atoms with Gasteiger partial charge in [-0.05, 0) is 72.9 Å². The molecular weight excluding hydrogens is 478 g/mol. The molecule has 3 aromatic carbocycles. The molecule has 0 atom stereocenters. The molecular formula is C32H31NO5. The van der Waals surface area contributed by atoms with Crippen molar-refractivity contribution in [3.63, 3.8) is 0 Å². The number of ether oxygens (including phenoxy) is 3. The molecule has 1 aliphatic heterocycles. The van der Waals surface area contributed by atoms with E-state index < -0.39 is 5.97 Å². The van der Waals surface area contributed by atoms with Crippen molar-refractivity contribution < 1.29 is 23.8 Å². The first kappa shape index (κ1) is 25.3. The molecule has 0 fully saturated rings. The minimum atomic E-state index is -0.466. The van der Waals surface area contributed by atoms with Gasteiger partial charge in [0.15, 0.2) is 5.76 Å². The van der Waals surface area contributed by atoms with E-state index in [2.05, 4.69) is 32.3 Å². The van der Waals surface area contributed by atoms with Crippen molar-refractivity contribution in [2.75, 3.05) is 7.11 Å². The maximum Gasteiger partial charge on any atom is 0.343 e. The number of benzene rings is 3.